The van der Waals surface area contributed by atoms with Crippen LogP contribution in [0.2, 0.25) is 0 Å². The standard InChI is InChI=1S/C14H14BrNO4S/c1-19-11-6-8(5-10(15)13(11)18)14-16-9(7-21-14)3-4-12(17)20-2/h5-7,18H,3-4H2,1-2H3. The highest BCUT2D eigenvalue weighted by Crippen LogP contribution is 2.39. The number of phenols is 1. The van der Waals surface area contributed by atoms with Crippen LogP contribution in [0.3, 0.4) is 0 Å². The van der Waals surface area contributed by atoms with Gasteiger partial charge in [-0.2, -0.15) is 0 Å². The first-order chi connectivity index (χ1) is 10.0. The summed E-state index contributed by atoms with van der Waals surface area (Å²) in [6.07, 6.45) is 0.849. The molecule has 5 nitrogen and oxygen atoms in total. The molecule has 0 atom stereocenters. The van der Waals surface area contributed by atoms with Gasteiger partial charge >= 0.3 is 5.97 Å². The van der Waals surface area contributed by atoms with E-state index in [0.717, 1.165) is 16.3 Å². The predicted molar refractivity (Wildman–Crippen MR) is 83.8 cm³/mol. The Balaban J connectivity index is 2.21. The second kappa shape index (κ2) is 6.91. The van der Waals surface area contributed by atoms with E-state index < -0.39 is 0 Å². The molecule has 0 aliphatic carbocycles. The van der Waals surface area contributed by atoms with Crippen LogP contribution < -0.4 is 4.74 Å². The minimum Gasteiger partial charge on any atom is -0.503 e. The zero-order chi connectivity index (χ0) is 15.4. The number of rotatable bonds is 5. The van der Waals surface area contributed by atoms with Gasteiger partial charge in [-0.25, -0.2) is 4.98 Å². The summed E-state index contributed by atoms with van der Waals surface area (Å²) in [7, 11) is 2.87. The molecule has 0 spiro atoms. The molecule has 0 unspecified atom stereocenters. The minimum absolute atomic E-state index is 0.0590. The average Bonchev–Trinajstić information content (AvgIpc) is 2.96. The van der Waals surface area contributed by atoms with Gasteiger partial charge in [0, 0.05) is 17.4 Å². The molecule has 0 aliphatic heterocycles. The molecule has 0 saturated heterocycles. The number of phenolic OH excluding ortho intramolecular Hbond substituents is 1. The maximum Gasteiger partial charge on any atom is 0.305 e. The van der Waals surface area contributed by atoms with Gasteiger partial charge in [0.25, 0.3) is 0 Å². The van der Waals surface area contributed by atoms with Crippen LogP contribution in [0.4, 0.5) is 0 Å². The maximum absolute atomic E-state index is 11.1. The third-order valence-electron chi connectivity index (χ3n) is 2.86. The van der Waals surface area contributed by atoms with Crippen LogP contribution in [0.15, 0.2) is 22.0 Å². The van der Waals surface area contributed by atoms with Crippen molar-refractivity contribution in [2.24, 2.45) is 0 Å². The molecule has 0 saturated carbocycles. The number of nitrogens with zero attached hydrogens (tertiary/aromatic N) is 1. The fraction of sp³-hybridized carbons (Fsp3) is 0.286. The number of aryl methyl sites for hydroxylation is 1. The van der Waals surface area contributed by atoms with Crippen molar-refractivity contribution in [2.45, 2.75) is 12.8 Å². The summed E-state index contributed by atoms with van der Waals surface area (Å²) in [5, 5.41) is 12.5. The van der Waals surface area contributed by atoms with Crippen molar-refractivity contribution in [1.29, 1.82) is 0 Å². The summed E-state index contributed by atoms with van der Waals surface area (Å²) < 4.78 is 10.3. The molecule has 0 aliphatic rings. The van der Waals surface area contributed by atoms with E-state index in [1.54, 1.807) is 12.1 Å². The third-order valence-corrected chi connectivity index (χ3v) is 4.40. The lowest BCUT2D eigenvalue weighted by molar-refractivity contribution is -0.140. The molecule has 0 amide bonds. The lowest BCUT2D eigenvalue weighted by atomic mass is 10.2. The van der Waals surface area contributed by atoms with E-state index in [1.807, 2.05) is 5.38 Å². The number of halogens is 1. The summed E-state index contributed by atoms with van der Waals surface area (Å²) in [5.41, 5.74) is 1.68. The van der Waals surface area contributed by atoms with E-state index in [1.165, 1.54) is 25.6 Å². The molecule has 0 radical (unpaired) electrons. The van der Waals surface area contributed by atoms with Crippen molar-refractivity contribution in [3.8, 4) is 22.1 Å². The van der Waals surface area contributed by atoms with Crippen LogP contribution in [0.25, 0.3) is 10.6 Å². The molecule has 112 valence electrons. The van der Waals surface area contributed by atoms with Crippen LogP contribution in [0, 0.1) is 0 Å². The predicted octanol–water partition coefficient (Wildman–Crippen LogP) is 3.39. The molecular weight excluding hydrogens is 358 g/mol. The van der Waals surface area contributed by atoms with E-state index in [2.05, 4.69) is 25.7 Å². The molecule has 21 heavy (non-hydrogen) atoms. The van der Waals surface area contributed by atoms with Gasteiger partial charge in [0.05, 0.1) is 30.8 Å². The monoisotopic (exact) mass is 371 g/mol. The lowest BCUT2D eigenvalue weighted by Crippen LogP contribution is -2.01. The summed E-state index contributed by atoms with van der Waals surface area (Å²) in [5.74, 6) is 0.188. The van der Waals surface area contributed by atoms with Gasteiger partial charge in [0.1, 0.15) is 5.01 Å². The second-order valence-corrected chi connectivity index (χ2v) is 5.94. The molecule has 1 aromatic heterocycles. The van der Waals surface area contributed by atoms with Gasteiger partial charge in [0.15, 0.2) is 11.5 Å². The number of carbonyl (C=O) groups excluding carboxylic acids is 1. The van der Waals surface area contributed by atoms with E-state index in [9.17, 15) is 9.90 Å². The SMILES string of the molecule is COC(=O)CCc1csc(-c2cc(Br)c(O)c(OC)c2)n1. The number of carbonyl (C=O) groups is 1. The zero-order valence-corrected chi connectivity index (χ0v) is 14.0. The van der Waals surface area contributed by atoms with E-state index in [-0.39, 0.29) is 11.7 Å². The van der Waals surface area contributed by atoms with Crippen LogP contribution in [0.1, 0.15) is 12.1 Å². The van der Waals surface area contributed by atoms with Gasteiger partial charge in [0.2, 0.25) is 0 Å². The average molecular weight is 372 g/mol. The molecule has 1 heterocycles. The Bertz CT molecular complexity index is 656. The Kier molecular flexibility index (Phi) is 5.19. The number of methoxy groups -OCH3 is 2. The molecule has 2 rings (SSSR count). The summed E-state index contributed by atoms with van der Waals surface area (Å²) in [6.45, 7) is 0. The Hall–Kier alpha value is -1.60. The van der Waals surface area contributed by atoms with Crippen molar-refractivity contribution in [2.75, 3.05) is 14.2 Å². The lowest BCUT2D eigenvalue weighted by Gasteiger charge is -2.07. The Morgan fingerprint density at radius 1 is 1.43 bits per heavy atom. The van der Waals surface area contributed by atoms with Crippen molar-refractivity contribution in [1.82, 2.24) is 4.98 Å². The molecule has 1 aromatic carbocycles. The Morgan fingerprint density at radius 2 is 2.19 bits per heavy atom. The van der Waals surface area contributed by atoms with Crippen LogP contribution in [-0.4, -0.2) is 30.3 Å². The fourth-order valence-corrected chi connectivity index (χ4v) is 3.02. The van der Waals surface area contributed by atoms with Gasteiger partial charge in [-0.1, -0.05) is 0 Å². The largest absolute Gasteiger partial charge is 0.503 e. The number of thiazole rings is 1. The van der Waals surface area contributed by atoms with E-state index in [4.69, 9.17) is 4.74 Å². The number of hydrogen-bond donors (Lipinski definition) is 1. The third kappa shape index (κ3) is 3.74. The van der Waals surface area contributed by atoms with Gasteiger partial charge in [-0.3, -0.25) is 4.79 Å². The van der Waals surface area contributed by atoms with Crippen molar-refractivity contribution < 1.29 is 19.4 Å². The minimum atomic E-state index is -0.251. The molecule has 0 bridgehead atoms. The number of ether oxygens (including phenoxy) is 2. The quantitative estimate of drug-likeness (QED) is 0.815. The van der Waals surface area contributed by atoms with Gasteiger partial charge in [-0.15, -0.1) is 11.3 Å². The van der Waals surface area contributed by atoms with Gasteiger partial charge in [-0.05, 0) is 28.1 Å². The molecule has 2 aromatic rings. The highest BCUT2D eigenvalue weighted by Gasteiger charge is 2.13. The maximum atomic E-state index is 11.1. The summed E-state index contributed by atoms with van der Waals surface area (Å²) in [6, 6.07) is 3.50. The molecular formula is C14H14BrNO4S. The highest BCUT2D eigenvalue weighted by atomic mass is 79.9. The smallest absolute Gasteiger partial charge is 0.305 e. The topological polar surface area (TPSA) is 68.7 Å². The molecule has 7 heteroatoms. The second-order valence-electron chi connectivity index (χ2n) is 4.23. The van der Waals surface area contributed by atoms with Crippen LogP contribution >= 0.6 is 27.3 Å². The van der Waals surface area contributed by atoms with E-state index in [0.29, 0.717) is 23.1 Å². The number of esters is 1. The zero-order valence-electron chi connectivity index (χ0n) is 11.6. The van der Waals surface area contributed by atoms with Crippen molar-refractivity contribution in [3.63, 3.8) is 0 Å². The van der Waals surface area contributed by atoms with Crippen LogP contribution in [0.5, 0.6) is 11.5 Å². The Labute approximate surface area is 134 Å². The first-order valence-electron chi connectivity index (χ1n) is 6.13. The highest BCUT2D eigenvalue weighted by molar-refractivity contribution is 9.10. The Morgan fingerprint density at radius 3 is 2.86 bits per heavy atom. The number of aromatic nitrogens is 1. The number of aromatic hydroxyl groups is 1. The van der Waals surface area contributed by atoms with Crippen molar-refractivity contribution in [3.05, 3.63) is 27.7 Å². The molecule has 1 N–H and O–H groups in total. The van der Waals surface area contributed by atoms with Crippen molar-refractivity contribution >= 4 is 33.2 Å². The van der Waals surface area contributed by atoms with Crippen LogP contribution in [-0.2, 0) is 16.0 Å². The summed E-state index contributed by atoms with van der Waals surface area (Å²) in [4.78, 5) is 15.6. The summed E-state index contributed by atoms with van der Waals surface area (Å²) >= 11 is 4.76. The first-order valence-corrected chi connectivity index (χ1v) is 7.80. The number of hydrogen-bond acceptors (Lipinski definition) is 6. The number of benzene rings is 1. The molecule has 0 fully saturated rings. The van der Waals surface area contributed by atoms with Gasteiger partial charge < -0.3 is 14.6 Å². The first kappa shape index (κ1) is 15.8. The normalized spacial score (nSPS) is 10.4. The van der Waals surface area contributed by atoms with E-state index >= 15 is 0 Å². The fourth-order valence-electron chi connectivity index (χ4n) is 1.74.